The van der Waals surface area contributed by atoms with Crippen molar-refractivity contribution in [3.05, 3.63) is 29.3 Å². The van der Waals surface area contributed by atoms with Crippen LogP contribution in [0.2, 0.25) is 5.02 Å². The molecule has 3 rings (SSSR count). The van der Waals surface area contributed by atoms with Crippen molar-refractivity contribution >= 4 is 17.5 Å². The Morgan fingerprint density at radius 3 is 2.48 bits per heavy atom. The molecule has 25 heavy (non-hydrogen) atoms. The Kier molecular flexibility index (Phi) is 6.57. The Bertz CT molecular complexity index is 570. The van der Waals surface area contributed by atoms with Crippen LogP contribution in [0.5, 0.6) is 5.75 Å². The van der Waals surface area contributed by atoms with Crippen LogP contribution in [0.1, 0.15) is 19.8 Å². The van der Waals surface area contributed by atoms with Gasteiger partial charge in [0.25, 0.3) is 0 Å². The van der Waals surface area contributed by atoms with Crippen molar-refractivity contribution < 1.29 is 9.53 Å². The van der Waals surface area contributed by atoms with Gasteiger partial charge in [-0.25, -0.2) is 0 Å². The molecular weight excluding hydrogens is 338 g/mol. The van der Waals surface area contributed by atoms with Gasteiger partial charge in [0.15, 0.2) is 0 Å². The molecule has 0 N–H and O–H groups in total. The molecule has 1 atom stereocenters. The van der Waals surface area contributed by atoms with E-state index in [1.807, 2.05) is 29.2 Å². The largest absolute Gasteiger partial charge is 0.491 e. The minimum atomic E-state index is -0.000347. The Labute approximate surface area is 155 Å². The monoisotopic (exact) mass is 365 g/mol. The number of nitrogens with zero attached hydrogens (tertiary/aromatic N) is 3. The molecule has 0 bridgehead atoms. The number of ether oxygens (including phenoxy) is 1. The predicted molar refractivity (Wildman–Crippen MR) is 100 cm³/mol. The molecule has 0 radical (unpaired) electrons. The molecule has 6 heteroatoms. The van der Waals surface area contributed by atoms with Crippen LogP contribution in [0.15, 0.2) is 24.3 Å². The van der Waals surface area contributed by atoms with Gasteiger partial charge in [0.2, 0.25) is 5.91 Å². The van der Waals surface area contributed by atoms with Crippen molar-refractivity contribution in [3.63, 3.8) is 0 Å². The molecule has 0 unspecified atom stereocenters. The van der Waals surface area contributed by atoms with Gasteiger partial charge in [-0.15, -0.1) is 0 Å². The Morgan fingerprint density at radius 1 is 1.12 bits per heavy atom. The van der Waals surface area contributed by atoms with Crippen LogP contribution < -0.4 is 4.74 Å². The lowest BCUT2D eigenvalue weighted by Crippen LogP contribution is -2.54. The number of likely N-dealkylation sites (tertiary alicyclic amines) is 1. The van der Waals surface area contributed by atoms with Crippen molar-refractivity contribution in [3.8, 4) is 5.75 Å². The highest BCUT2D eigenvalue weighted by Crippen LogP contribution is 2.23. The van der Waals surface area contributed by atoms with E-state index in [0.29, 0.717) is 17.5 Å². The van der Waals surface area contributed by atoms with E-state index in [-0.39, 0.29) is 6.04 Å². The highest BCUT2D eigenvalue weighted by molar-refractivity contribution is 6.32. The summed E-state index contributed by atoms with van der Waals surface area (Å²) in [6.45, 7) is 9.26. The van der Waals surface area contributed by atoms with Gasteiger partial charge in [0.05, 0.1) is 11.1 Å². The normalized spacial score (nSPS) is 20.6. The molecule has 0 aliphatic carbocycles. The highest BCUT2D eigenvalue weighted by Gasteiger charge is 2.29. The van der Waals surface area contributed by atoms with Crippen LogP contribution >= 0.6 is 11.6 Å². The summed E-state index contributed by atoms with van der Waals surface area (Å²) in [5, 5.41) is 0.654. The van der Waals surface area contributed by atoms with Crippen LogP contribution in [0.3, 0.4) is 0 Å². The topological polar surface area (TPSA) is 36.0 Å². The van der Waals surface area contributed by atoms with Crippen LogP contribution in [0, 0.1) is 0 Å². The summed E-state index contributed by atoms with van der Waals surface area (Å²) in [5.74, 6) is 1.04. The van der Waals surface area contributed by atoms with Crippen molar-refractivity contribution in [2.45, 2.75) is 25.8 Å². The summed E-state index contributed by atoms with van der Waals surface area (Å²) in [5.41, 5.74) is 0. The number of hydrogen-bond donors (Lipinski definition) is 0. The molecule has 2 fully saturated rings. The number of rotatable bonds is 6. The van der Waals surface area contributed by atoms with Crippen LogP contribution in [-0.4, -0.2) is 79.1 Å². The summed E-state index contributed by atoms with van der Waals surface area (Å²) in [6, 6.07) is 7.57. The third-order valence-corrected chi connectivity index (χ3v) is 5.54. The second-order valence-electron chi connectivity index (χ2n) is 6.86. The molecule has 2 aliphatic rings. The minimum absolute atomic E-state index is 0.000347. The molecule has 5 nitrogen and oxygen atoms in total. The van der Waals surface area contributed by atoms with Crippen LogP contribution in [0.25, 0.3) is 0 Å². The molecule has 2 saturated heterocycles. The maximum atomic E-state index is 12.5. The molecule has 0 aromatic heterocycles. The molecule has 1 aromatic rings. The molecule has 2 heterocycles. The van der Waals surface area contributed by atoms with E-state index in [1.165, 1.54) is 0 Å². The van der Waals surface area contributed by atoms with Crippen LogP contribution in [-0.2, 0) is 4.79 Å². The first kappa shape index (κ1) is 18.5. The number of para-hydroxylation sites is 1. The summed E-state index contributed by atoms with van der Waals surface area (Å²) in [6.07, 6.45) is 2.30. The quantitative estimate of drug-likeness (QED) is 0.775. The minimum Gasteiger partial charge on any atom is -0.491 e. The first-order valence-electron chi connectivity index (χ1n) is 9.27. The van der Waals surface area contributed by atoms with Crippen molar-refractivity contribution in [1.29, 1.82) is 0 Å². The maximum Gasteiger partial charge on any atom is 0.239 e. The summed E-state index contributed by atoms with van der Waals surface area (Å²) in [4.78, 5) is 19.2. The van der Waals surface area contributed by atoms with E-state index < -0.39 is 0 Å². The van der Waals surface area contributed by atoms with E-state index in [2.05, 4.69) is 16.7 Å². The van der Waals surface area contributed by atoms with E-state index in [0.717, 1.165) is 64.4 Å². The average Bonchev–Trinajstić information content (AvgIpc) is 3.17. The van der Waals surface area contributed by atoms with Gasteiger partial charge < -0.3 is 9.64 Å². The molecule has 138 valence electrons. The first-order valence-corrected chi connectivity index (χ1v) is 9.65. The zero-order valence-electron chi connectivity index (χ0n) is 15.0. The smallest absolute Gasteiger partial charge is 0.239 e. The lowest BCUT2D eigenvalue weighted by molar-refractivity contribution is -0.136. The number of hydrogen-bond acceptors (Lipinski definition) is 4. The van der Waals surface area contributed by atoms with E-state index in [4.69, 9.17) is 16.3 Å². The zero-order valence-corrected chi connectivity index (χ0v) is 15.7. The Morgan fingerprint density at radius 2 is 1.80 bits per heavy atom. The van der Waals surface area contributed by atoms with Crippen molar-refractivity contribution in [1.82, 2.24) is 14.7 Å². The fourth-order valence-electron chi connectivity index (χ4n) is 3.58. The number of amides is 1. The van der Waals surface area contributed by atoms with Gasteiger partial charge in [-0.05, 0) is 31.9 Å². The predicted octanol–water partition coefficient (Wildman–Crippen LogP) is 2.35. The molecule has 2 aliphatic heterocycles. The second kappa shape index (κ2) is 8.88. The molecule has 1 amide bonds. The van der Waals surface area contributed by atoms with Crippen molar-refractivity contribution in [2.24, 2.45) is 0 Å². The second-order valence-corrected chi connectivity index (χ2v) is 7.27. The van der Waals surface area contributed by atoms with Gasteiger partial charge in [-0.3, -0.25) is 14.6 Å². The van der Waals surface area contributed by atoms with E-state index in [9.17, 15) is 4.79 Å². The van der Waals surface area contributed by atoms with Crippen LogP contribution in [0.4, 0.5) is 0 Å². The molecule has 0 saturated carbocycles. The highest BCUT2D eigenvalue weighted by atomic mass is 35.5. The van der Waals surface area contributed by atoms with Gasteiger partial charge in [-0.2, -0.15) is 0 Å². The Hall–Kier alpha value is -1.30. The van der Waals surface area contributed by atoms with Gasteiger partial charge in [-0.1, -0.05) is 23.7 Å². The van der Waals surface area contributed by atoms with Gasteiger partial charge in [0.1, 0.15) is 12.4 Å². The SMILES string of the molecule is C[C@H](C(=O)N1CCCC1)N1CCN(CCOc2ccccc2Cl)CC1. The number of carbonyl (C=O) groups excluding carboxylic acids is 1. The summed E-state index contributed by atoms with van der Waals surface area (Å²) >= 11 is 6.10. The van der Waals surface area contributed by atoms with Crippen molar-refractivity contribution in [2.75, 3.05) is 52.4 Å². The fraction of sp³-hybridized carbons (Fsp3) is 0.632. The fourth-order valence-corrected chi connectivity index (χ4v) is 3.77. The van der Waals surface area contributed by atoms with Gasteiger partial charge in [0, 0.05) is 45.8 Å². The summed E-state index contributed by atoms with van der Waals surface area (Å²) < 4.78 is 5.77. The third-order valence-electron chi connectivity index (χ3n) is 5.23. The Balaban J connectivity index is 1.38. The lowest BCUT2D eigenvalue weighted by Gasteiger charge is -2.38. The molecule has 0 spiro atoms. The van der Waals surface area contributed by atoms with Gasteiger partial charge >= 0.3 is 0 Å². The number of carbonyl (C=O) groups is 1. The number of benzene rings is 1. The van der Waals surface area contributed by atoms with E-state index >= 15 is 0 Å². The molecule has 1 aromatic carbocycles. The third kappa shape index (κ3) is 4.87. The maximum absolute atomic E-state index is 12.5. The first-order chi connectivity index (χ1) is 12.1. The standard InChI is InChI=1S/C19H28ClN3O2/c1-16(19(24)23-8-4-5-9-23)22-12-10-21(11-13-22)14-15-25-18-7-3-2-6-17(18)20/h2-3,6-7,16H,4-5,8-15H2,1H3/t16-/m1/s1. The summed E-state index contributed by atoms with van der Waals surface area (Å²) in [7, 11) is 0. The molecular formula is C19H28ClN3O2. The lowest BCUT2D eigenvalue weighted by atomic mass is 10.2. The number of piperazine rings is 1. The zero-order chi connectivity index (χ0) is 17.6. The number of halogens is 1. The van der Waals surface area contributed by atoms with E-state index in [1.54, 1.807) is 0 Å². The average molecular weight is 366 g/mol.